The Hall–Kier alpha value is -2.38. The largest absolute Gasteiger partial charge is 0.368 e. The van der Waals surface area contributed by atoms with Crippen LogP contribution in [0.15, 0.2) is 30.7 Å². The molecule has 0 unspecified atom stereocenters. The summed E-state index contributed by atoms with van der Waals surface area (Å²) in [7, 11) is 0. The van der Waals surface area contributed by atoms with Crippen molar-refractivity contribution in [1.29, 1.82) is 0 Å². The molecule has 8 heteroatoms. The van der Waals surface area contributed by atoms with Crippen LogP contribution in [0.4, 0.5) is 17.5 Å². The van der Waals surface area contributed by atoms with Gasteiger partial charge in [0.25, 0.3) is 0 Å². The second kappa shape index (κ2) is 7.56. The predicted octanol–water partition coefficient (Wildman–Crippen LogP) is 3.75. The molecular weight excluding hydrogens is 374 g/mol. The van der Waals surface area contributed by atoms with Crippen LogP contribution in [0.25, 0.3) is 11.0 Å². The molecule has 0 amide bonds. The Kier molecular flexibility index (Phi) is 4.78. The van der Waals surface area contributed by atoms with E-state index in [0.717, 1.165) is 48.7 Å². The number of aromatic nitrogens is 4. The second-order valence-corrected chi connectivity index (χ2v) is 7.92. The van der Waals surface area contributed by atoms with Crippen molar-refractivity contribution in [1.82, 2.24) is 24.8 Å². The van der Waals surface area contributed by atoms with E-state index >= 15 is 0 Å². The van der Waals surface area contributed by atoms with Gasteiger partial charge in [0.05, 0.1) is 22.3 Å². The molecule has 5 rings (SSSR count). The summed E-state index contributed by atoms with van der Waals surface area (Å²) in [5.74, 6) is 1.28. The first-order valence-corrected chi connectivity index (χ1v) is 10.4. The van der Waals surface area contributed by atoms with E-state index in [0.29, 0.717) is 17.0 Å². The smallest absolute Gasteiger partial charge is 0.230 e. The standard InChI is InChI=1S/C20H24ClN7/c21-17-13-28(14-3-1-2-4-14)19-16(17)12-24-20(26-19)25-18-6-5-15(11-23-18)27-9-7-22-8-10-27/h5-6,11-14,22H,1-4,7-10H2,(H,23,24,25,26). The van der Waals surface area contributed by atoms with Crippen molar-refractivity contribution in [3.63, 3.8) is 0 Å². The Balaban J connectivity index is 1.38. The average molecular weight is 398 g/mol. The average Bonchev–Trinajstić information content (AvgIpc) is 3.37. The normalized spacial score (nSPS) is 18.1. The lowest BCUT2D eigenvalue weighted by molar-refractivity contribution is 0.532. The molecule has 7 nitrogen and oxygen atoms in total. The number of hydrogen-bond acceptors (Lipinski definition) is 6. The highest BCUT2D eigenvalue weighted by atomic mass is 35.5. The Morgan fingerprint density at radius 3 is 2.64 bits per heavy atom. The molecule has 2 fully saturated rings. The van der Waals surface area contributed by atoms with Crippen LogP contribution in [0, 0.1) is 0 Å². The zero-order valence-corrected chi connectivity index (χ0v) is 16.5. The molecule has 146 valence electrons. The van der Waals surface area contributed by atoms with Crippen molar-refractivity contribution in [2.75, 3.05) is 36.4 Å². The van der Waals surface area contributed by atoms with Gasteiger partial charge in [-0.2, -0.15) is 4.98 Å². The summed E-state index contributed by atoms with van der Waals surface area (Å²) in [6, 6.07) is 4.56. The van der Waals surface area contributed by atoms with Crippen LogP contribution in [0.5, 0.6) is 0 Å². The van der Waals surface area contributed by atoms with Gasteiger partial charge in [0.2, 0.25) is 5.95 Å². The minimum atomic E-state index is 0.481. The van der Waals surface area contributed by atoms with Gasteiger partial charge in [-0.1, -0.05) is 24.4 Å². The molecule has 1 saturated heterocycles. The molecule has 0 spiro atoms. The monoisotopic (exact) mass is 397 g/mol. The third kappa shape index (κ3) is 3.40. The molecule has 3 aromatic heterocycles. The van der Waals surface area contributed by atoms with Crippen LogP contribution < -0.4 is 15.5 Å². The highest BCUT2D eigenvalue weighted by Gasteiger charge is 2.21. The van der Waals surface area contributed by atoms with Crippen molar-refractivity contribution in [3.8, 4) is 0 Å². The zero-order chi connectivity index (χ0) is 18.9. The number of hydrogen-bond donors (Lipinski definition) is 2. The summed E-state index contributed by atoms with van der Waals surface area (Å²) in [4.78, 5) is 16.1. The van der Waals surface area contributed by atoms with Gasteiger partial charge in [0, 0.05) is 44.6 Å². The zero-order valence-electron chi connectivity index (χ0n) is 15.7. The number of pyridine rings is 1. The van der Waals surface area contributed by atoms with E-state index < -0.39 is 0 Å². The molecule has 4 heterocycles. The summed E-state index contributed by atoms with van der Waals surface area (Å²) in [6.07, 6.45) is 10.6. The minimum absolute atomic E-state index is 0.481. The molecule has 0 radical (unpaired) electrons. The van der Waals surface area contributed by atoms with Gasteiger partial charge in [-0.15, -0.1) is 0 Å². The van der Waals surface area contributed by atoms with Crippen LogP contribution in [0.2, 0.25) is 5.02 Å². The number of anilines is 3. The van der Waals surface area contributed by atoms with Crippen molar-refractivity contribution >= 4 is 40.1 Å². The van der Waals surface area contributed by atoms with E-state index in [-0.39, 0.29) is 0 Å². The van der Waals surface area contributed by atoms with Gasteiger partial charge >= 0.3 is 0 Å². The third-order valence-electron chi connectivity index (χ3n) is 5.71. The van der Waals surface area contributed by atoms with Gasteiger partial charge in [-0.05, 0) is 25.0 Å². The van der Waals surface area contributed by atoms with Crippen LogP contribution in [-0.2, 0) is 0 Å². The summed E-state index contributed by atoms with van der Waals surface area (Å²) < 4.78 is 2.22. The Morgan fingerprint density at radius 2 is 1.89 bits per heavy atom. The van der Waals surface area contributed by atoms with Crippen LogP contribution in [0.3, 0.4) is 0 Å². The number of fused-ring (bicyclic) bond motifs is 1. The molecule has 2 aliphatic rings. The summed E-state index contributed by atoms with van der Waals surface area (Å²) >= 11 is 6.42. The molecule has 28 heavy (non-hydrogen) atoms. The fourth-order valence-electron chi connectivity index (χ4n) is 4.20. The number of nitrogens with one attached hydrogen (secondary N) is 2. The second-order valence-electron chi connectivity index (χ2n) is 7.52. The Labute approximate surface area is 169 Å². The van der Waals surface area contributed by atoms with Gasteiger partial charge in [0.15, 0.2) is 0 Å². The molecule has 0 bridgehead atoms. The lowest BCUT2D eigenvalue weighted by atomic mass is 10.2. The van der Waals surface area contributed by atoms with Gasteiger partial charge < -0.3 is 20.1 Å². The first kappa shape index (κ1) is 17.7. The van der Waals surface area contributed by atoms with Crippen molar-refractivity contribution in [2.24, 2.45) is 0 Å². The molecule has 1 saturated carbocycles. The van der Waals surface area contributed by atoms with E-state index in [2.05, 4.69) is 36.1 Å². The first-order chi connectivity index (χ1) is 13.8. The van der Waals surface area contributed by atoms with Crippen molar-refractivity contribution in [3.05, 3.63) is 35.7 Å². The lowest BCUT2D eigenvalue weighted by Gasteiger charge is -2.29. The molecule has 0 atom stereocenters. The van der Waals surface area contributed by atoms with Gasteiger partial charge in [-0.25, -0.2) is 9.97 Å². The van der Waals surface area contributed by atoms with E-state index in [1.54, 1.807) is 6.20 Å². The van der Waals surface area contributed by atoms with Crippen LogP contribution in [-0.4, -0.2) is 45.7 Å². The molecular formula is C20H24ClN7. The lowest BCUT2D eigenvalue weighted by Crippen LogP contribution is -2.43. The summed E-state index contributed by atoms with van der Waals surface area (Å²) in [5, 5.41) is 8.22. The highest BCUT2D eigenvalue weighted by molar-refractivity contribution is 6.35. The molecule has 1 aliphatic carbocycles. The van der Waals surface area contributed by atoms with Crippen LogP contribution >= 0.6 is 11.6 Å². The first-order valence-electron chi connectivity index (χ1n) is 10.00. The highest BCUT2D eigenvalue weighted by Crippen LogP contribution is 2.35. The minimum Gasteiger partial charge on any atom is -0.368 e. The molecule has 0 aromatic carbocycles. The fraction of sp³-hybridized carbons (Fsp3) is 0.450. The van der Waals surface area contributed by atoms with E-state index in [4.69, 9.17) is 16.6 Å². The predicted molar refractivity (Wildman–Crippen MR) is 113 cm³/mol. The maximum absolute atomic E-state index is 6.42. The summed E-state index contributed by atoms with van der Waals surface area (Å²) in [6.45, 7) is 4.04. The van der Waals surface area contributed by atoms with E-state index in [1.807, 2.05) is 18.5 Å². The van der Waals surface area contributed by atoms with Crippen LogP contribution in [0.1, 0.15) is 31.7 Å². The van der Waals surface area contributed by atoms with E-state index in [1.165, 1.54) is 25.7 Å². The molecule has 1 aliphatic heterocycles. The number of nitrogens with zero attached hydrogens (tertiary/aromatic N) is 5. The Morgan fingerprint density at radius 1 is 1.07 bits per heavy atom. The molecule has 3 aromatic rings. The maximum Gasteiger partial charge on any atom is 0.230 e. The third-order valence-corrected chi connectivity index (χ3v) is 6.01. The Bertz CT molecular complexity index is 957. The number of rotatable bonds is 4. The van der Waals surface area contributed by atoms with Crippen molar-refractivity contribution < 1.29 is 0 Å². The number of piperazine rings is 1. The fourth-order valence-corrected chi connectivity index (χ4v) is 4.44. The maximum atomic E-state index is 6.42. The van der Waals surface area contributed by atoms with E-state index in [9.17, 15) is 0 Å². The quantitative estimate of drug-likeness (QED) is 0.698. The van der Waals surface area contributed by atoms with Gasteiger partial charge in [0.1, 0.15) is 11.5 Å². The van der Waals surface area contributed by atoms with Crippen molar-refractivity contribution in [2.45, 2.75) is 31.7 Å². The topological polar surface area (TPSA) is 70.9 Å². The SMILES string of the molecule is Clc1cn(C2CCCC2)c2nc(Nc3ccc(N4CCNCC4)cn3)ncc12. The van der Waals surface area contributed by atoms with Gasteiger partial charge in [-0.3, -0.25) is 0 Å². The number of halogens is 1. The molecule has 2 N–H and O–H groups in total. The summed E-state index contributed by atoms with van der Waals surface area (Å²) in [5.41, 5.74) is 2.04.